The quantitative estimate of drug-likeness (QED) is 0.116. The first kappa shape index (κ1) is 33.4. The molecule has 8 nitrogen and oxygen atoms in total. The van der Waals surface area contributed by atoms with E-state index in [0.717, 1.165) is 25.5 Å². The van der Waals surface area contributed by atoms with Gasteiger partial charge >= 0.3 is 0 Å². The number of hydrogen-bond donors (Lipinski definition) is 2. The second-order valence-corrected chi connectivity index (χ2v) is 15.6. The Morgan fingerprint density at radius 2 is 0.840 bits per heavy atom. The maximum atomic E-state index is 6.85. The molecule has 2 N–H and O–H groups in total. The predicted octanol–water partition coefficient (Wildman–Crippen LogP) is 13.6. The third kappa shape index (κ3) is 4.77. The normalized spacial score (nSPS) is 12.2. The highest BCUT2D eigenvalue weighted by Crippen LogP contribution is 2.52. The molecule has 4 aromatic carbocycles. The summed E-state index contributed by atoms with van der Waals surface area (Å²) < 4.78 is 1.50. The number of nitrogens with zero attached hydrogens (tertiary/aromatic N) is 6. The Balaban J connectivity index is 1.57. The SMILES string of the molecule is Clc1c(Cl)c(Cl)c2c(c1Cl)-c1nc-2nc2[nH]c(nc3nc(nc4[nH]c(n1)c1c(Br)c(Br)ccc41)-c1ccccc1-3)c1c(Cl)c(Cl)c(Cl)c(Cl)c21. The fraction of sp³-hybridized carbons (Fsp3) is 0. The maximum Gasteiger partial charge on any atom is 0.166 e. The van der Waals surface area contributed by atoms with Crippen molar-refractivity contribution in [2.75, 3.05) is 0 Å². The van der Waals surface area contributed by atoms with Gasteiger partial charge in [0.25, 0.3) is 0 Å². The Bertz CT molecular complexity index is 2910. The summed E-state index contributed by atoms with van der Waals surface area (Å²) in [4.78, 5) is 36.0. The van der Waals surface area contributed by atoms with E-state index in [0.29, 0.717) is 44.7 Å². The summed E-state index contributed by atoms with van der Waals surface area (Å²) in [5.41, 5.74) is 3.37. The molecule has 246 valence electrons. The molecular weight excluding hydrogens is 940 g/mol. The summed E-state index contributed by atoms with van der Waals surface area (Å²) in [6, 6.07) is 11.4. The highest BCUT2D eigenvalue weighted by Gasteiger charge is 2.31. The lowest BCUT2D eigenvalue weighted by Crippen LogP contribution is -1.88. The third-order valence-electron chi connectivity index (χ3n) is 8.22. The minimum Gasteiger partial charge on any atom is -0.324 e. The average Bonchev–Trinajstić information content (AvgIpc) is 3.84. The van der Waals surface area contributed by atoms with Crippen LogP contribution in [0.3, 0.4) is 0 Å². The monoisotopic (exact) mass is 942 g/mol. The van der Waals surface area contributed by atoms with Gasteiger partial charge in [-0.25, -0.2) is 29.9 Å². The number of rotatable bonds is 0. The van der Waals surface area contributed by atoms with E-state index in [1.165, 1.54) is 0 Å². The van der Waals surface area contributed by atoms with Crippen LogP contribution >= 0.6 is 125 Å². The van der Waals surface area contributed by atoms with Crippen molar-refractivity contribution >= 4 is 169 Å². The van der Waals surface area contributed by atoms with E-state index in [2.05, 4.69) is 41.8 Å². The molecular formula is C32H8Br2Cl8N8. The van der Waals surface area contributed by atoms with Crippen LogP contribution in [-0.2, 0) is 0 Å². The van der Waals surface area contributed by atoms with Gasteiger partial charge in [-0.1, -0.05) is 117 Å². The molecule has 9 rings (SSSR count). The van der Waals surface area contributed by atoms with Gasteiger partial charge in [-0.15, -0.1) is 0 Å². The second kappa shape index (κ2) is 12.0. The topological polar surface area (TPSA) is 109 Å². The van der Waals surface area contributed by atoms with Crippen LogP contribution in [0, 0.1) is 0 Å². The number of nitrogens with one attached hydrogen (secondary N) is 2. The molecule has 0 spiro atoms. The minimum atomic E-state index is 0.0119. The van der Waals surface area contributed by atoms with Crippen molar-refractivity contribution in [2.24, 2.45) is 0 Å². The highest BCUT2D eigenvalue weighted by molar-refractivity contribution is 9.13. The van der Waals surface area contributed by atoms with Gasteiger partial charge in [0.1, 0.15) is 22.6 Å². The van der Waals surface area contributed by atoms with Crippen LogP contribution < -0.4 is 0 Å². The summed E-state index contributed by atoms with van der Waals surface area (Å²) in [6.07, 6.45) is 0. The molecule has 5 heterocycles. The molecule has 0 saturated heterocycles. The Morgan fingerprint density at radius 1 is 0.420 bits per heavy atom. The lowest BCUT2D eigenvalue weighted by molar-refractivity contribution is 1.19. The van der Waals surface area contributed by atoms with E-state index in [-0.39, 0.29) is 68.7 Å². The Hall–Kier alpha value is -2.48. The Morgan fingerprint density at radius 3 is 1.38 bits per heavy atom. The van der Waals surface area contributed by atoms with Gasteiger partial charge < -0.3 is 9.97 Å². The van der Waals surface area contributed by atoms with E-state index in [9.17, 15) is 0 Å². The summed E-state index contributed by atoms with van der Waals surface area (Å²) in [6.45, 7) is 0. The zero-order valence-electron chi connectivity index (χ0n) is 23.9. The van der Waals surface area contributed by atoms with E-state index >= 15 is 0 Å². The first-order chi connectivity index (χ1) is 23.9. The zero-order valence-corrected chi connectivity index (χ0v) is 33.1. The van der Waals surface area contributed by atoms with Crippen LogP contribution in [0.25, 0.3) is 89.7 Å². The lowest BCUT2D eigenvalue weighted by Gasteiger charge is -2.09. The maximum absolute atomic E-state index is 6.85. The molecule has 3 aromatic heterocycles. The average molecular weight is 948 g/mol. The van der Waals surface area contributed by atoms with Gasteiger partial charge in [0.2, 0.25) is 0 Å². The molecule has 8 bridgehead atoms. The second-order valence-electron chi connectivity index (χ2n) is 11.0. The van der Waals surface area contributed by atoms with Crippen molar-refractivity contribution < 1.29 is 0 Å². The molecule has 0 saturated carbocycles. The highest BCUT2D eigenvalue weighted by atomic mass is 79.9. The van der Waals surface area contributed by atoms with Gasteiger partial charge in [0.15, 0.2) is 23.3 Å². The molecule has 0 fully saturated rings. The first-order valence-electron chi connectivity index (χ1n) is 14.1. The van der Waals surface area contributed by atoms with E-state index in [1.807, 2.05) is 36.4 Å². The molecule has 0 radical (unpaired) electrons. The van der Waals surface area contributed by atoms with Gasteiger partial charge in [-0.05, 0) is 44.0 Å². The largest absolute Gasteiger partial charge is 0.324 e. The van der Waals surface area contributed by atoms with Crippen LogP contribution in [-0.4, -0.2) is 39.9 Å². The molecule has 2 aliphatic rings. The zero-order chi connectivity index (χ0) is 34.9. The van der Waals surface area contributed by atoms with Gasteiger partial charge in [0, 0.05) is 30.8 Å². The lowest BCUT2D eigenvalue weighted by atomic mass is 10.1. The number of hydrogen-bond acceptors (Lipinski definition) is 6. The van der Waals surface area contributed by atoms with Crippen LogP contribution in [0.4, 0.5) is 0 Å². The van der Waals surface area contributed by atoms with Gasteiger partial charge in [-0.2, -0.15) is 0 Å². The Labute approximate surface area is 336 Å². The molecule has 18 heteroatoms. The number of aromatic nitrogens is 8. The van der Waals surface area contributed by atoms with Crippen LogP contribution in [0.2, 0.25) is 40.2 Å². The fourth-order valence-corrected chi connectivity index (χ4v) is 8.91. The van der Waals surface area contributed by atoms with Crippen molar-refractivity contribution in [1.82, 2.24) is 39.9 Å². The summed E-state index contributed by atoms with van der Waals surface area (Å²) >= 11 is 60.9. The van der Waals surface area contributed by atoms with Crippen LogP contribution in [0.1, 0.15) is 0 Å². The van der Waals surface area contributed by atoms with Gasteiger partial charge in [0.05, 0.1) is 62.1 Å². The molecule has 2 aliphatic heterocycles. The number of aromatic amines is 2. The van der Waals surface area contributed by atoms with Crippen molar-refractivity contribution in [2.45, 2.75) is 0 Å². The van der Waals surface area contributed by atoms with E-state index in [4.69, 9.17) is 123 Å². The van der Waals surface area contributed by atoms with Crippen LogP contribution in [0.15, 0.2) is 45.3 Å². The van der Waals surface area contributed by atoms with Gasteiger partial charge in [-0.3, -0.25) is 0 Å². The third-order valence-corrected chi connectivity index (χ3v) is 13.8. The molecule has 7 aromatic rings. The van der Waals surface area contributed by atoms with Crippen molar-refractivity contribution in [3.8, 4) is 45.6 Å². The standard InChI is InChI=1S/C32H8Br2Cl8N8/c33-10-6-5-9-11(16(10)34)28-46-27(9)44-25-7-3-1-2-4-8(7)26(43-25)45-29-12-13(18(36)22(40)21(39)17(12)35)31(48-29)50-32-15-14(30(47-28)49-32)19(37)23(41)24(42)20(15)38/h1-6H,(H2,43,44,45,46,47,48,49,50). The number of fused-ring (bicyclic) bond motifs is 20. The van der Waals surface area contributed by atoms with Crippen molar-refractivity contribution in [3.05, 3.63) is 85.5 Å². The summed E-state index contributed by atoms with van der Waals surface area (Å²) in [5.74, 6) is 0.980. The molecule has 0 amide bonds. The minimum absolute atomic E-state index is 0.0119. The van der Waals surface area contributed by atoms with E-state index < -0.39 is 0 Å². The first-order valence-corrected chi connectivity index (χ1v) is 18.7. The Kier molecular flexibility index (Phi) is 8.03. The summed E-state index contributed by atoms with van der Waals surface area (Å²) in [5, 5.41) is 2.51. The number of halogens is 10. The number of H-pyrrole nitrogens is 2. The molecule has 0 unspecified atom stereocenters. The van der Waals surface area contributed by atoms with Crippen LogP contribution in [0.5, 0.6) is 0 Å². The fourth-order valence-electron chi connectivity index (χ4n) is 5.99. The van der Waals surface area contributed by atoms with Crippen molar-refractivity contribution in [1.29, 1.82) is 0 Å². The van der Waals surface area contributed by atoms with Crippen molar-refractivity contribution in [3.63, 3.8) is 0 Å². The molecule has 0 aliphatic carbocycles. The molecule has 50 heavy (non-hydrogen) atoms. The predicted molar refractivity (Wildman–Crippen MR) is 212 cm³/mol. The summed E-state index contributed by atoms with van der Waals surface area (Å²) in [7, 11) is 0. The van der Waals surface area contributed by atoms with E-state index in [1.54, 1.807) is 0 Å². The smallest absolute Gasteiger partial charge is 0.166 e. The number of benzene rings is 4. The molecule has 0 atom stereocenters.